The van der Waals surface area contributed by atoms with Crippen LogP contribution in [0.5, 0.6) is 0 Å². The molecular weight excluding hydrogens is 342 g/mol. The molecular formula is C21H33N3O3. The molecule has 1 N–H and O–H groups in total. The second-order valence-corrected chi connectivity index (χ2v) is 7.97. The number of carbonyl (C=O) groups excluding carboxylic acids is 1. The van der Waals surface area contributed by atoms with Crippen molar-refractivity contribution in [2.45, 2.75) is 31.5 Å². The van der Waals surface area contributed by atoms with Gasteiger partial charge in [-0.2, -0.15) is 0 Å². The first-order valence-electron chi connectivity index (χ1n) is 9.99. The predicted molar refractivity (Wildman–Crippen MR) is 105 cm³/mol. The van der Waals surface area contributed by atoms with Gasteiger partial charge in [-0.25, -0.2) is 0 Å². The van der Waals surface area contributed by atoms with Gasteiger partial charge in [0, 0.05) is 50.8 Å². The minimum absolute atomic E-state index is 0.0199. The van der Waals surface area contributed by atoms with Crippen LogP contribution in [0.3, 0.4) is 0 Å². The summed E-state index contributed by atoms with van der Waals surface area (Å²) in [5.41, 5.74) is 1.09. The van der Waals surface area contributed by atoms with Crippen molar-refractivity contribution in [3.05, 3.63) is 35.9 Å². The summed E-state index contributed by atoms with van der Waals surface area (Å²) in [7, 11) is 4.19. The third-order valence-corrected chi connectivity index (χ3v) is 5.47. The SMILES string of the molecule is CN(C)C[C@@H]1CN(C2CCOCC2)C[C@H]1NC(=O)COCc1ccccc1. The summed E-state index contributed by atoms with van der Waals surface area (Å²) >= 11 is 0. The van der Waals surface area contributed by atoms with E-state index in [0.717, 1.165) is 51.3 Å². The van der Waals surface area contributed by atoms with Crippen LogP contribution in [-0.4, -0.2) is 81.3 Å². The Morgan fingerprint density at radius 3 is 2.67 bits per heavy atom. The van der Waals surface area contributed by atoms with Crippen LogP contribution in [-0.2, 0) is 20.9 Å². The van der Waals surface area contributed by atoms with E-state index in [2.05, 4.69) is 29.2 Å². The fourth-order valence-corrected chi connectivity index (χ4v) is 4.15. The highest BCUT2D eigenvalue weighted by Gasteiger charge is 2.37. The third kappa shape index (κ3) is 6.28. The van der Waals surface area contributed by atoms with Gasteiger partial charge in [-0.15, -0.1) is 0 Å². The van der Waals surface area contributed by atoms with E-state index in [1.54, 1.807) is 0 Å². The van der Waals surface area contributed by atoms with E-state index in [9.17, 15) is 4.79 Å². The molecule has 0 spiro atoms. The Labute approximate surface area is 162 Å². The third-order valence-electron chi connectivity index (χ3n) is 5.47. The van der Waals surface area contributed by atoms with Gasteiger partial charge in [0.25, 0.3) is 0 Å². The lowest BCUT2D eigenvalue weighted by Crippen LogP contribution is -2.45. The summed E-state index contributed by atoms with van der Waals surface area (Å²) < 4.78 is 11.1. The molecule has 2 aliphatic heterocycles. The maximum absolute atomic E-state index is 12.4. The molecule has 0 aromatic heterocycles. The Morgan fingerprint density at radius 2 is 1.96 bits per heavy atom. The number of ether oxygens (including phenoxy) is 2. The van der Waals surface area contributed by atoms with Gasteiger partial charge in [-0.1, -0.05) is 30.3 Å². The number of carbonyl (C=O) groups is 1. The molecule has 0 unspecified atom stereocenters. The Morgan fingerprint density at radius 1 is 1.22 bits per heavy atom. The number of hydrogen-bond acceptors (Lipinski definition) is 5. The van der Waals surface area contributed by atoms with E-state index in [1.165, 1.54) is 0 Å². The lowest BCUT2D eigenvalue weighted by Gasteiger charge is -2.31. The van der Waals surface area contributed by atoms with Crippen molar-refractivity contribution >= 4 is 5.91 Å². The summed E-state index contributed by atoms with van der Waals surface area (Å²) in [4.78, 5) is 17.2. The van der Waals surface area contributed by atoms with Gasteiger partial charge in [-0.05, 0) is 32.5 Å². The van der Waals surface area contributed by atoms with Crippen molar-refractivity contribution in [1.29, 1.82) is 0 Å². The van der Waals surface area contributed by atoms with E-state index in [1.807, 2.05) is 30.3 Å². The van der Waals surface area contributed by atoms with Crippen LogP contribution >= 0.6 is 0 Å². The van der Waals surface area contributed by atoms with E-state index < -0.39 is 0 Å². The van der Waals surface area contributed by atoms with Crippen molar-refractivity contribution in [1.82, 2.24) is 15.1 Å². The van der Waals surface area contributed by atoms with Gasteiger partial charge in [0.2, 0.25) is 5.91 Å². The number of likely N-dealkylation sites (tertiary alicyclic amines) is 1. The van der Waals surface area contributed by atoms with Gasteiger partial charge < -0.3 is 19.7 Å². The maximum Gasteiger partial charge on any atom is 0.246 e. The molecule has 1 aromatic rings. The Kier molecular flexibility index (Phi) is 7.64. The number of amides is 1. The molecule has 1 amide bonds. The molecule has 6 heteroatoms. The van der Waals surface area contributed by atoms with Gasteiger partial charge >= 0.3 is 0 Å². The molecule has 2 fully saturated rings. The van der Waals surface area contributed by atoms with Crippen LogP contribution in [0.2, 0.25) is 0 Å². The molecule has 0 saturated carbocycles. The number of nitrogens with zero attached hydrogens (tertiary/aromatic N) is 2. The van der Waals surface area contributed by atoms with Crippen molar-refractivity contribution < 1.29 is 14.3 Å². The first kappa shape index (κ1) is 20.3. The summed E-state index contributed by atoms with van der Waals surface area (Å²) in [5.74, 6) is 0.425. The number of rotatable bonds is 8. The predicted octanol–water partition coefficient (Wildman–Crippen LogP) is 1.36. The van der Waals surface area contributed by atoms with E-state index in [0.29, 0.717) is 18.6 Å². The van der Waals surface area contributed by atoms with Gasteiger partial charge in [-0.3, -0.25) is 9.69 Å². The van der Waals surface area contributed by atoms with Crippen LogP contribution in [0.25, 0.3) is 0 Å². The summed E-state index contributed by atoms with van der Waals surface area (Å²) in [5, 5.41) is 3.23. The summed E-state index contributed by atoms with van der Waals surface area (Å²) in [6.45, 7) is 5.22. The van der Waals surface area contributed by atoms with Crippen LogP contribution in [0, 0.1) is 5.92 Å². The molecule has 6 nitrogen and oxygen atoms in total. The largest absolute Gasteiger partial charge is 0.381 e. The van der Waals surface area contributed by atoms with Crippen LogP contribution < -0.4 is 5.32 Å². The zero-order valence-electron chi connectivity index (χ0n) is 16.6. The molecule has 2 aliphatic rings. The van der Waals surface area contributed by atoms with Crippen molar-refractivity contribution in [2.24, 2.45) is 5.92 Å². The second-order valence-electron chi connectivity index (χ2n) is 7.97. The standard InChI is InChI=1S/C21H33N3O3/c1-23(2)12-18-13-24(19-8-10-26-11-9-19)14-20(18)22-21(25)16-27-15-17-6-4-3-5-7-17/h3-7,18-20H,8-16H2,1-2H3,(H,22,25)/t18-,20-/m1/s1. The van der Waals surface area contributed by atoms with E-state index in [4.69, 9.17) is 9.47 Å². The average Bonchev–Trinajstić information content (AvgIpc) is 3.05. The maximum atomic E-state index is 12.4. The van der Waals surface area contributed by atoms with Crippen molar-refractivity contribution in [3.63, 3.8) is 0 Å². The van der Waals surface area contributed by atoms with E-state index in [-0.39, 0.29) is 18.6 Å². The van der Waals surface area contributed by atoms with Crippen LogP contribution in [0.15, 0.2) is 30.3 Å². The molecule has 1 aromatic carbocycles. The Hall–Kier alpha value is -1.47. The fraction of sp³-hybridized carbons (Fsp3) is 0.667. The smallest absolute Gasteiger partial charge is 0.246 e. The van der Waals surface area contributed by atoms with Crippen molar-refractivity contribution in [2.75, 3.05) is 53.6 Å². The molecule has 0 bridgehead atoms. The lowest BCUT2D eigenvalue weighted by molar-refractivity contribution is -0.127. The second kappa shape index (κ2) is 10.2. The quantitative estimate of drug-likeness (QED) is 0.744. The summed E-state index contributed by atoms with van der Waals surface area (Å²) in [6, 6.07) is 10.7. The zero-order chi connectivity index (χ0) is 19.1. The topological polar surface area (TPSA) is 54.0 Å². The van der Waals surface area contributed by atoms with E-state index >= 15 is 0 Å². The number of benzene rings is 1. The van der Waals surface area contributed by atoms with Crippen LogP contribution in [0.4, 0.5) is 0 Å². The molecule has 27 heavy (non-hydrogen) atoms. The minimum Gasteiger partial charge on any atom is -0.381 e. The highest BCUT2D eigenvalue weighted by Crippen LogP contribution is 2.24. The molecule has 2 saturated heterocycles. The van der Waals surface area contributed by atoms with Gasteiger partial charge in [0.15, 0.2) is 0 Å². The molecule has 2 heterocycles. The average molecular weight is 376 g/mol. The van der Waals surface area contributed by atoms with Crippen molar-refractivity contribution in [3.8, 4) is 0 Å². The highest BCUT2D eigenvalue weighted by molar-refractivity contribution is 5.77. The normalized spacial score (nSPS) is 24.4. The molecule has 3 rings (SSSR count). The summed E-state index contributed by atoms with van der Waals surface area (Å²) in [6.07, 6.45) is 2.19. The first-order chi connectivity index (χ1) is 13.1. The fourth-order valence-electron chi connectivity index (χ4n) is 4.15. The molecule has 150 valence electrons. The van der Waals surface area contributed by atoms with Gasteiger partial charge in [0.1, 0.15) is 6.61 Å². The molecule has 0 radical (unpaired) electrons. The number of hydrogen-bond donors (Lipinski definition) is 1. The highest BCUT2D eigenvalue weighted by atomic mass is 16.5. The Bertz CT molecular complexity index is 575. The number of nitrogens with one attached hydrogen (secondary N) is 1. The molecule has 2 atom stereocenters. The minimum atomic E-state index is -0.0199. The molecule has 0 aliphatic carbocycles. The monoisotopic (exact) mass is 375 g/mol. The zero-order valence-corrected chi connectivity index (χ0v) is 16.6. The Balaban J connectivity index is 1.48. The van der Waals surface area contributed by atoms with Gasteiger partial charge in [0.05, 0.1) is 6.61 Å². The first-order valence-corrected chi connectivity index (χ1v) is 9.99. The lowest BCUT2D eigenvalue weighted by atomic mass is 10.0. The van der Waals surface area contributed by atoms with Crippen LogP contribution in [0.1, 0.15) is 18.4 Å².